The summed E-state index contributed by atoms with van der Waals surface area (Å²) in [4.78, 5) is 1.80. The van der Waals surface area contributed by atoms with Crippen LogP contribution in [0.15, 0.2) is 6.20 Å². The molecule has 0 saturated heterocycles. The van der Waals surface area contributed by atoms with Crippen LogP contribution < -0.4 is 0 Å². The van der Waals surface area contributed by atoms with Gasteiger partial charge in [0.05, 0.1) is 18.4 Å². The molecule has 1 aromatic heterocycles. The van der Waals surface area contributed by atoms with Gasteiger partial charge in [-0.05, 0) is 25.7 Å². The maximum Gasteiger partial charge on any atom is 0.0796 e. The summed E-state index contributed by atoms with van der Waals surface area (Å²) >= 11 is 0. The van der Waals surface area contributed by atoms with Gasteiger partial charge in [-0.2, -0.15) is 15.0 Å². The van der Waals surface area contributed by atoms with Crippen LogP contribution in [0.1, 0.15) is 18.5 Å². The second-order valence-electron chi connectivity index (χ2n) is 2.98. The molecule has 0 N–H and O–H groups in total. The van der Waals surface area contributed by atoms with Crippen LogP contribution in [0.4, 0.5) is 0 Å². The van der Waals surface area contributed by atoms with Gasteiger partial charge in [-0.3, -0.25) is 0 Å². The normalized spacial score (nSPS) is 17.7. The van der Waals surface area contributed by atoms with Gasteiger partial charge in [0.25, 0.3) is 0 Å². The lowest BCUT2D eigenvalue weighted by Crippen LogP contribution is -2.03. The Morgan fingerprint density at radius 1 is 1.70 bits per heavy atom. The van der Waals surface area contributed by atoms with E-state index in [0.29, 0.717) is 0 Å². The summed E-state index contributed by atoms with van der Waals surface area (Å²) in [6.07, 6.45) is 4.53. The molecule has 3 heteroatoms. The lowest BCUT2D eigenvalue weighted by atomic mass is 10.4. The van der Waals surface area contributed by atoms with Crippen molar-refractivity contribution in [1.29, 1.82) is 0 Å². The quantitative estimate of drug-likeness (QED) is 0.608. The lowest BCUT2D eigenvalue weighted by molar-refractivity contribution is 0.496. The molecule has 0 aliphatic heterocycles. The average molecular weight is 137 g/mol. The van der Waals surface area contributed by atoms with Gasteiger partial charge < -0.3 is 0 Å². The third kappa shape index (κ3) is 1.17. The van der Waals surface area contributed by atoms with Gasteiger partial charge in [0.1, 0.15) is 0 Å². The molecular weight excluding hydrogens is 126 g/mol. The van der Waals surface area contributed by atoms with Crippen LogP contribution in [0.25, 0.3) is 0 Å². The van der Waals surface area contributed by atoms with E-state index in [-0.39, 0.29) is 0 Å². The molecule has 0 bridgehead atoms. The van der Waals surface area contributed by atoms with E-state index in [1.54, 1.807) is 4.80 Å². The average Bonchev–Trinajstić information content (AvgIpc) is 2.59. The molecule has 0 spiro atoms. The standard InChI is InChI=1S/C7H11N3/c1-6-4-8-10(9-6)5-7-2-3-7/h4,7H,2-3,5H2,1H3. The number of nitrogens with zero attached hydrogens (tertiary/aromatic N) is 3. The molecule has 0 radical (unpaired) electrons. The van der Waals surface area contributed by atoms with Crippen molar-refractivity contribution in [3.8, 4) is 0 Å². The highest BCUT2D eigenvalue weighted by Crippen LogP contribution is 2.29. The van der Waals surface area contributed by atoms with Crippen molar-refractivity contribution < 1.29 is 0 Å². The van der Waals surface area contributed by atoms with Crippen molar-refractivity contribution in [2.75, 3.05) is 0 Å². The lowest BCUT2D eigenvalue weighted by Gasteiger charge is -1.93. The Balaban J connectivity index is 2.03. The van der Waals surface area contributed by atoms with Gasteiger partial charge in [-0.1, -0.05) is 0 Å². The van der Waals surface area contributed by atoms with E-state index in [9.17, 15) is 0 Å². The van der Waals surface area contributed by atoms with Crippen LogP contribution in [0, 0.1) is 12.8 Å². The van der Waals surface area contributed by atoms with Crippen molar-refractivity contribution in [1.82, 2.24) is 15.0 Å². The van der Waals surface area contributed by atoms with Gasteiger partial charge in [0.15, 0.2) is 0 Å². The van der Waals surface area contributed by atoms with Crippen molar-refractivity contribution in [2.45, 2.75) is 26.3 Å². The Morgan fingerprint density at radius 3 is 3.00 bits per heavy atom. The topological polar surface area (TPSA) is 30.7 Å². The Hall–Kier alpha value is -0.860. The minimum absolute atomic E-state index is 0.867. The fourth-order valence-corrected chi connectivity index (χ4v) is 1.00. The summed E-state index contributed by atoms with van der Waals surface area (Å²) in [5, 5.41) is 8.30. The molecule has 2 rings (SSSR count). The first kappa shape index (κ1) is 5.89. The van der Waals surface area contributed by atoms with Crippen LogP contribution >= 0.6 is 0 Å². The highest BCUT2D eigenvalue weighted by molar-refractivity contribution is 4.85. The highest BCUT2D eigenvalue weighted by atomic mass is 15.5. The zero-order valence-electron chi connectivity index (χ0n) is 6.12. The minimum atomic E-state index is 0.867. The van der Waals surface area contributed by atoms with E-state index in [0.717, 1.165) is 18.2 Å². The number of hydrogen-bond donors (Lipinski definition) is 0. The summed E-state index contributed by atoms with van der Waals surface area (Å²) in [5.74, 6) is 0.867. The molecule has 54 valence electrons. The van der Waals surface area contributed by atoms with Crippen molar-refractivity contribution in [3.05, 3.63) is 11.9 Å². The van der Waals surface area contributed by atoms with E-state index in [2.05, 4.69) is 10.2 Å². The van der Waals surface area contributed by atoms with Gasteiger partial charge >= 0.3 is 0 Å². The smallest absolute Gasteiger partial charge is 0.0796 e. The summed E-state index contributed by atoms with van der Waals surface area (Å²) in [6.45, 7) is 2.99. The van der Waals surface area contributed by atoms with Gasteiger partial charge in [-0.25, -0.2) is 0 Å². The van der Waals surface area contributed by atoms with E-state index in [1.807, 2.05) is 13.1 Å². The summed E-state index contributed by atoms with van der Waals surface area (Å²) in [6, 6.07) is 0. The summed E-state index contributed by atoms with van der Waals surface area (Å²) in [5.41, 5.74) is 1.01. The van der Waals surface area contributed by atoms with Crippen molar-refractivity contribution >= 4 is 0 Å². The molecule has 0 atom stereocenters. The van der Waals surface area contributed by atoms with Crippen LogP contribution in [0.2, 0.25) is 0 Å². The first-order valence-corrected chi connectivity index (χ1v) is 3.71. The van der Waals surface area contributed by atoms with E-state index in [1.165, 1.54) is 12.8 Å². The summed E-state index contributed by atoms with van der Waals surface area (Å²) < 4.78 is 0. The maximum absolute atomic E-state index is 4.20. The van der Waals surface area contributed by atoms with Crippen molar-refractivity contribution in [3.63, 3.8) is 0 Å². The number of rotatable bonds is 2. The van der Waals surface area contributed by atoms with Gasteiger partial charge in [-0.15, -0.1) is 0 Å². The summed E-state index contributed by atoms with van der Waals surface area (Å²) in [7, 11) is 0. The molecule has 0 unspecified atom stereocenters. The molecule has 10 heavy (non-hydrogen) atoms. The Morgan fingerprint density at radius 2 is 2.50 bits per heavy atom. The molecule has 1 aromatic rings. The van der Waals surface area contributed by atoms with Crippen LogP contribution in [-0.4, -0.2) is 15.0 Å². The zero-order chi connectivity index (χ0) is 6.97. The Labute approximate surface area is 60.0 Å². The monoisotopic (exact) mass is 137 g/mol. The van der Waals surface area contributed by atoms with Crippen LogP contribution in [0.3, 0.4) is 0 Å². The second-order valence-corrected chi connectivity index (χ2v) is 2.98. The third-order valence-corrected chi connectivity index (χ3v) is 1.77. The maximum atomic E-state index is 4.20. The predicted molar refractivity (Wildman–Crippen MR) is 37.5 cm³/mol. The molecular formula is C7H11N3. The minimum Gasteiger partial charge on any atom is -0.184 e. The number of aryl methyl sites for hydroxylation is 1. The fraction of sp³-hybridized carbons (Fsp3) is 0.714. The highest BCUT2D eigenvalue weighted by Gasteiger charge is 2.22. The molecule has 1 saturated carbocycles. The van der Waals surface area contributed by atoms with Gasteiger partial charge in [0, 0.05) is 0 Å². The van der Waals surface area contributed by atoms with E-state index >= 15 is 0 Å². The zero-order valence-corrected chi connectivity index (χ0v) is 6.12. The van der Waals surface area contributed by atoms with Gasteiger partial charge in [0.2, 0.25) is 0 Å². The SMILES string of the molecule is Cc1cnn(CC2CC2)n1. The van der Waals surface area contributed by atoms with Crippen LogP contribution in [0.5, 0.6) is 0 Å². The molecule has 1 aliphatic carbocycles. The number of aromatic nitrogens is 3. The van der Waals surface area contributed by atoms with E-state index < -0.39 is 0 Å². The van der Waals surface area contributed by atoms with Crippen molar-refractivity contribution in [2.24, 2.45) is 5.92 Å². The number of hydrogen-bond acceptors (Lipinski definition) is 2. The first-order valence-electron chi connectivity index (χ1n) is 3.71. The molecule has 0 aromatic carbocycles. The second kappa shape index (κ2) is 2.08. The van der Waals surface area contributed by atoms with E-state index in [4.69, 9.17) is 0 Å². The molecule has 0 amide bonds. The third-order valence-electron chi connectivity index (χ3n) is 1.77. The molecule has 3 nitrogen and oxygen atoms in total. The Bertz CT molecular complexity index is 225. The molecule has 1 heterocycles. The Kier molecular flexibility index (Phi) is 1.22. The first-order chi connectivity index (χ1) is 4.84. The van der Waals surface area contributed by atoms with Crippen LogP contribution in [-0.2, 0) is 6.54 Å². The molecule has 1 fully saturated rings. The fourth-order valence-electron chi connectivity index (χ4n) is 1.00. The predicted octanol–water partition coefficient (Wildman–Crippen LogP) is 0.997. The largest absolute Gasteiger partial charge is 0.184 e. The molecule has 1 aliphatic rings.